The number of nitriles is 1. The van der Waals surface area contributed by atoms with Crippen LogP contribution in [0.1, 0.15) is 63.6 Å². The maximum atomic E-state index is 13.6. The van der Waals surface area contributed by atoms with E-state index in [-0.39, 0.29) is 35.3 Å². The fraction of sp³-hybridized carbons (Fsp3) is 0.630. The summed E-state index contributed by atoms with van der Waals surface area (Å²) < 4.78 is 29.0. The number of carbonyl (C=O) groups is 3. The lowest BCUT2D eigenvalue weighted by atomic mass is 10.1. The van der Waals surface area contributed by atoms with Crippen LogP contribution in [-0.2, 0) is 30.8 Å². The largest absolute Gasteiger partial charge is 0.444 e. The van der Waals surface area contributed by atoms with Crippen LogP contribution in [0, 0.1) is 11.3 Å². The highest BCUT2D eigenvalue weighted by molar-refractivity contribution is 7.89. The fourth-order valence-corrected chi connectivity index (χ4v) is 7.14. The van der Waals surface area contributed by atoms with Crippen LogP contribution in [0.2, 0.25) is 0 Å². The monoisotopic (exact) mass is 572 g/mol. The smallest absolute Gasteiger partial charge is 0.408 e. The number of benzene rings is 1. The Kier molecular flexibility index (Phi) is 7.31. The van der Waals surface area contributed by atoms with E-state index >= 15 is 0 Å². The molecule has 0 radical (unpaired) electrons. The molecule has 40 heavy (non-hydrogen) atoms. The van der Waals surface area contributed by atoms with Gasteiger partial charge in [0, 0.05) is 25.7 Å². The second-order valence-corrected chi connectivity index (χ2v) is 13.6. The summed E-state index contributed by atoms with van der Waals surface area (Å²) in [5, 5.41) is 17.5. The maximum Gasteiger partial charge on any atom is 0.408 e. The first kappa shape index (κ1) is 28.3. The second kappa shape index (κ2) is 10.3. The molecule has 5 rings (SSSR count). The van der Waals surface area contributed by atoms with Crippen molar-refractivity contribution in [2.75, 3.05) is 19.6 Å². The van der Waals surface area contributed by atoms with Gasteiger partial charge in [0.2, 0.25) is 21.8 Å². The first-order chi connectivity index (χ1) is 18.8. The minimum Gasteiger partial charge on any atom is -0.444 e. The number of ether oxygens (including phenoxy) is 1. The van der Waals surface area contributed by atoms with E-state index in [4.69, 9.17) is 9.88 Å². The number of carbonyl (C=O) groups excluding carboxylic acids is 3. The Morgan fingerprint density at radius 1 is 1.25 bits per heavy atom. The Labute approximate surface area is 234 Å². The zero-order chi connectivity index (χ0) is 29.0. The Bertz CT molecular complexity index is 1370. The Morgan fingerprint density at radius 2 is 2.00 bits per heavy atom. The number of alkyl carbamates (subject to hydrolysis) is 1. The predicted molar refractivity (Wildman–Crippen MR) is 143 cm³/mol. The van der Waals surface area contributed by atoms with Gasteiger partial charge in [-0.1, -0.05) is 6.07 Å². The van der Waals surface area contributed by atoms with Crippen LogP contribution in [0.4, 0.5) is 4.79 Å². The van der Waals surface area contributed by atoms with Crippen molar-refractivity contribution in [3.8, 4) is 6.07 Å². The highest BCUT2D eigenvalue weighted by Crippen LogP contribution is 2.44. The number of hydrogen-bond donors (Lipinski definition) is 2. The summed E-state index contributed by atoms with van der Waals surface area (Å²) in [5.74, 6) is -0.387. The van der Waals surface area contributed by atoms with E-state index in [9.17, 15) is 28.1 Å². The number of amides is 3. The van der Waals surface area contributed by atoms with Crippen molar-refractivity contribution in [2.24, 2.45) is 5.14 Å². The molecule has 216 valence electrons. The predicted octanol–water partition coefficient (Wildman–Crippen LogP) is 1.01. The van der Waals surface area contributed by atoms with Gasteiger partial charge in [-0.3, -0.25) is 14.5 Å². The summed E-state index contributed by atoms with van der Waals surface area (Å²) >= 11 is 0. The van der Waals surface area contributed by atoms with Gasteiger partial charge in [0.15, 0.2) is 0 Å². The van der Waals surface area contributed by atoms with Gasteiger partial charge in [-0.2, -0.15) is 5.26 Å². The SMILES string of the molecule is CC(C)(C)OC(=O)N[C@@H](CN1CC2C[C@H]1C(=O)N2[C@H]1CCc2cc(S(N)(=O)=O)ccc21)C(=O)N1CCC[C@H]1C#N. The molecule has 12 nitrogen and oxygen atoms in total. The molecule has 0 spiro atoms. The van der Waals surface area contributed by atoms with E-state index in [0.29, 0.717) is 45.2 Å². The number of likely N-dealkylation sites (tertiary alicyclic amines) is 3. The molecular weight excluding hydrogens is 536 g/mol. The van der Waals surface area contributed by atoms with E-state index in [1.54, 1.807) is 32.9 Å². The van der Waals surface area contributed by atoms with E-state index < -0.39 is 39.8 Å². The lowest BCUT2D eigenvalue weighted by Crippen LogP contribution is -2.59. The molecule has 3 amide bonds. The summed E-state index contributed by atoms with van der Waals surface area (Å²) in [7, 11) is -3.81. The molecule has 2 bridgehead atoms. The first-order valence-electron chi connectivity index (χ1n) is 13.7. The molecule has 1 aromatic rings. The first-order valence-corrected chi connectivity index (χ1v) is 15.2. The molecule has 0 aromatic heterocycles. The Balaban J connectivity index is 1.31. The molecule has 0 saturated carbocycles. The molecule has 4 aliphatic rings. The van der Waals surface area contributed by atoms with Crippen molar-refractivity contribution in [3.05, 3.63) is 29.3 Å². The zero-order valence-corrected chi connectivity index (χ0v) is 23.8. The van der Waals surface area contributed by atoms with Crippen LogP contribution in [0.25, 0.3) is 0 Å². The molecular formula is C27H36N6O6S. The zero-order valence-electron chi connectivity index (χ0n) is 23.0. The van der Waals surface area contributed by atoms with Crippen molar-refractivity contribution in [1.29, 1.82) is 5.26 Å². The molecule has 3 aliphatic heterocycles. The number of primary sulfonamides is 1. The number of fused-ring (bicyclic) bond motifs is 3. The number of piperazine rings is 1. The number of nitrogens with one attached hydrogen (secondary N) is 1. The van der Waals surface area contributed by atoms with Crippen molar-refractivity contribution >= 4 is 27.9 Å². The molecule has 3 saturated heterocycles. The Hall–Kier alpha value is -3.21. The van der Waals surface area contributed by atoms with Crippen molar-refractivity contribution in [1.82, 2.24) is 20.0 Å². The summed E-state index contributed by atoms with van der Waals surface area (Å²) in [6.07, 6.45) is 2.54. The van der Waals surface area contributed by atoms with E-state index in [1.165, 1.54) is 11.0 Å². The standard InChI is InChI=1S/C27H36N6O6S/c1-27(2,3)39-26(36)30-21(24(34)32-10-4-5-17(32)13-28)15-31-14-18-12-23(31)25(35)33(18)22-9-6-16-11-19(40(29,37)38)7-8-20(16)22/h7-8,11,17-18,21-23H,4-6,9-10,12,14-15H2,1-3H3,(H,30,36)(H2,29,37,38)/t17-,18?,21-,22-,23-/m0/s1. The van der Waals surface area contributed by atoms with Crippen LogP contribution in [0.5, 0.6) is 0 Å². The van der Waals surface area contributed by atoms with Crippen LogP contribution in [-0.4, -0.2) is 90.4 Å². The number of nitrogens with zero attached hydrogens (tertiary/aromatic N) is 4. The van der Waals surface area contributed by atoms with Crippen LogP contribution in [0.3, 0.4) is 0 Å². The molecule has 1 aromatic carbocycles. The van der Waals surface area contributed by atoms with E-state index in [0.717, 1.165) is 11.1 Å². The molecule has 1 unspecified atom stereocenters. The number of nitrogens with two attached hydrogens (primary N) is 1. The van der Waals surface area contributed by atoms with Gasteiger partial charge in [-0.15, -0.1) is 0 Å². The number of sulfonamides is 1. The molecule has 3 heterocycles. The maximum absolute atomic E-state index is 13.6. The Morgan fingerprint density at radius 3 is 2.65 bits per heavy atom. The molecule has 1 aliphatic carbocycles. The topological polar surface area (TPSA) is 166 Å². The minimum atomic E-state index is -3.81. The minimum absolute atomic E-state index is 0.0378. The quantitative estimate of drug-likeness (QED) is 0.510. The number of rotatable bonds is 6. The summed E-state index contributed by atoms with van der Waals surface area (Å²) in [6.45, 7) is 6.32. The normalized spacial score (nSPS) is 27.0. The van der Waals surface area contributed by atoms with E-state index in [2.05, 4.69) is 11.4 Å². The van der Waals surface area contributed by atoms with Crippen molar-refractivity contribution < 1.29 is 27.5 Å². The molecule has 5 atom stereocenters. The van der Waals surface area contributed by atoms with E-state index in [1.807, 2.05) is 9.80 Å². The lowest BCUT2D eigenvalue weighted by Gasteiger charge is -2.39. The highest BCUT2D eigenvalue weighted by Gasteiger charge is 2.53. The third-order valence-corrected chi connectivity index (χ3v) is 9.14. The third-order valence-electron chi connectivity index (χ3n) is 8.23. The fourth-order valence-electron chi connectivity index (χ4n) is 6.57. The van der Waals surface area contributed by atoms with Gasteiger partial charge in [0.05, 0.1) is 23.0 Å². The van der Waals surface area contributed by atoms with Gasteiger partial charge in [-0.05, 0) is 76.1 Å². The average Bonchev–Trinajstić information content (AvgIpc) is 3.64. The van der Waals surface area contributed by atoms with Crippen LogP contribution >= 0.6 is 0 Å². The van der Waals surface area contributed by atoms with Gasteiger partial charge >= 0.3 is 6.09 Å². The summed E-state index contributed by atoms with van der Waals surface area (Å²) in [5.41, 5.74) is 1.07. The van der Waals surface area contributed by atoms with Gasteiger partial charge < -0.3 is 19.9 Å². The summed E-state index contributed by atoms with van der Waals surface area (Å²) in [4.78, 5) is 45.3. The molecule has 3 N–H and O–H groups in total. The summed E-state index contributed by atoms with van der Waals surface area (Å²) in [6, 6.07) is 4.86. The highest BCUT2D eigenvalue weighted by atomic mass is 32.2. The van der Waals surface area contributed by atoms with Crippen molar-refractivity contribution in [3.63, 3.8) is 0 Å². The molecule has 3 fully saturated rings. The average molecular weight is 573 g/mol. The van der Waals surface area contributed by atoms with Gasteiger partial charge in [0.1, 0.15) is 17.7 Å². The van der Waals surface area contributed by atoms with Gasteiger partial charge in [-0.25, -0.2) is 18.4 Å². The van der Waals surface area contributed by atoms with Crippen LogP contribution in [0.15, 0.2) is 23.1 Å². The second-order valence-electron chi connectivity index (χ2n) is 12.1. The number of hydrogen-bond acceptors (Lipinski definition) is 8. The molecule has 13 heteroatoms. The third kappa shape index (κ3) is 5.40. The number of aryl methyl sites for hydroxylation is 1. The van der Waals surface area contributed by atoms with Crippen LogP contribution < -0.4 is 10.5 Å². The van der Waals surface area contributed by atoms with Gasteiger partial charge in [0.25, 0.3) is 0 Å². The van der Waals surface area contributed by atoms with Crippen molar-refractivity contribution in [2.45, 2.75) is 93.6 Å². The lowest BCUT2D eigenvalue weighted by molar-refractivity contribution is -0.141.